The van der Waals surface area contributed by atoms with E-state index < -0.39 is 23.8 Å². The summed E-state index contributed by atoms with van der Waals surface area (Å²) in [7, 11) is 0. The van der Waals surface area contributed by atoms with Gasteiger partial charge in [0.1, 0.15) is 11.7 Å². The predicted octanol–water partition coefficient (Wildman–Crippen LogP) is 6.02. The van der Waals surface area contributed by atoms with Crippen LogP contribution in [0.2, 0.25) is 0 Å². The van der Waals surface area contributed by atoms with Gasteiger partial charge in [-0.15, -0.1) is 0 Å². The van der Waals surface area contributed by atoms with E-state index in [9.17, 15) is 9.59 Å². The third-order valence-corrected chi connectivity index (χ3v) is 4.68. The Morgan fingerprint density at radius 3 is 1.91 bits per heavy atom. The van der Waals surface area contributed by atoms with Crippen LogP contribution < -0.4 is 0 Å². The molecule has 3 aromatic carbocycles. The molecule has 5 heteroatoms. The Hall–Kier alpha value is -3.60. The van der Waals surface area contributed by atoms with Gasteiger partial charge in [0.15, 0.2) is 0 Å². The van der Waals surface area contributed by atoms with Gasteiger partial charge in [-0.25, -0.2) is 9.59 Å². The molecule has 0 N–H and O–H groups in total. The molecule has 1 atom stereocenters. The molecule has 3 aromatic rings. The van der Waals surface area contributed by atoms with Gasteiger partial charge in [0.25, 0.3) is 0 Å². The first-order valence-electron chi connectivity index (χ1n) is 10.6. The topological polar surface area (TPSA) is 55.8 Å². The molecule has 5 nitrogen and oxygen atoms in total. The lowest BCUT2D eigenvalue weighted by Gasteiger charge is -2.30. The maximum absolute atomic E-state index is 13.0. The average molecular weight is 432 g/mol. The molecule has 0 spiro atoms. The van der Waals surface area contributed by atoms with Crippen LogP contribution in [0.3, 0.4) is 0 Å². The minimum absolute atomic E-state index is 0.159. The SMILES string of the molecule is CC(C)(C)OC(=O)N(Cc1ccccc1)CC(OC(=O)c1ccccc1)c1ccccc1. The maximum atomic E-state index is 13.0. The van der Waals surface area contributed by atoms with E-state index in [0.717, 1.165) is 11.1 Å². The van der Waals surface area contributed by atoms with Gasteiger partial charge < -0.3 is 9.47 Å². The van der Waals surface area contributed by atoms with Crippen LogP contribution in [0.4, 0.5) is 4.79 Å². The van der Waals surface area contributed by atoms with Crippen molar-refractivity contribution in [2.24, 2.45) is 0 Å². The quantitative estimate of drug-likeness (QED) is 0.429. The Kier molecular flexibility index (Phi) is 7.66. The van der Waals surface area contributed by atoms with Crippen molar-refractivity contribution in [2.75, 3.05) is 6.54 Å². The highest BCUT2D eigenvalue weighted by Gasteiger charge is 2.27. The number of carbonyl (C=O) groups excluding carboxylic acids is 2. The Morgan fingerprint density at radius 1 is 0.812 bits per heavy atom. The van der Waals surface area contributed by atoms with E-state index in [1.165, 1.54) is 0 Å². The highest BCUT2D eigenvalue weighted by Crippen LogP contribution is 2.23. The number of rotatable bonds is 7. The van der Waals surface area contributed by atoms with Crippen molar-refractivity contribution in [3.63, 3.8) is 0 Å². The Morgan fingerprint density at radius 2 is 1.34 bits per heavy atom. The molecule has 0 aliphatic carbocycles. The number of amides is 1. The highest BCUT2D eigenvalue weighted by atomic mass is 16.6. The van der Waals surface area contributed by atoms with Gasteiger partial charge in [0.05, 0.1) is 12.1 Å². The smallest absolute Gasteiger partial charge is 0.410 e. The van der Waals surface area contributed by atoms with Gasteiger partial charge in [-0.2, -0.15) is 0 Å². The molecular formula is C27H29NO4. The van der Waals surface area contributed by atoms with Crippen LogP contribution in [0, 0.1) is 0 Å². The van der Waals surface area contributed by atoms with Gasteiger partial charge in [0.2, 0.25) is 0 Å². The fourth-order valence-corrected chi connectivity index (χ4v) is 3.18. The van der Waals surface area contributed by atoms with Crippen molar-refractivity contribution in [1.29, 1.82) is 0 Å². The monoisotopic (exact) mass is 431 g/mol. The van der Waals surface area contributed by atoms with E-state index in [-0.39, 0.29) is 6.54 Å². The second-order valence-corrected chi connectivity index (χ2v) is 8.52. The molecule has 0 saturated heterocycles. The molecule has 0 aliphatic heterocycles. The summed E-state index contributed by atoms with van der Waals surface area (Å²) in [6.07, 6.45) is -1.11. The predicted molar refractivity (Wildman–Crippen MR) is 124 cm³/mol. The van der Waals surface area contributed by atoms with E-state index in [4.69, 9.17) is 9.47 Å². The lowest BCUT2D eigenvalue weighted by atomic mass is 10.1. The molecule has 166 valence electrons. The molecule has 0 saturated carbocycles. The number of carbonyl (C=O) groups is 2. The number of benzene rings is 3. The fraction of sp³-hybridized carbons (Fsp3) is 0.259. The number of ether oxygens (including phenoxy) is 2. The molecule has 0 aromatic heterocycles. The number of esters is 1. The Balaban J connectivity index is 1.87. The summed E-state index contributed by atoms with van der Waals surface area (Å²) in [4.78, 5) is 27.4. The molecular weight excluding hydrogens is 402 g/mol. The standard InChI is InChI=1S/C27H29NO4/c1-27(2,3)32-26(30)28(19-21-13-7-4-8-14-21)20-24(22-15-9-5-10-16-22)31-25(29)23-17-11-6-12-18-23/h4-18,24H,19-20H2,1-3H3. The molecule has 0 radical (unpaired) electrons. The molecule has 0 bridgehead atoms. The minimum Gasteiger partial charge on any atom is -0.452 e. The maximum Gasteiger partial charge on any atom is 0.410 e. The van der Waals surface area contributed by atoms with Crippen molar-refractivity contribution in [1.82, 2.24) is 4.90 Å². The number of hydrogen-bond acceptors (Lipinski definition) is 4. The van der Waals surface area contributed by atoms with Crippen LogP contribution in [0.15, 0.2) is 91.0 Å². The summed E-state index contributed by atoms with van der Waals surface area (Å²) in [5.74, 6) is -0.441. The van der Waals surface area contributed by atoms with E-state index in [2.05, 4.69) is 0 Å². The van der Waals surface area contributed by atoms with E-state index in [0.29, 0.717) is 12.1 Å². The van der Waals surface area contributed by atoms with Crippen molar-refractivity contribution in [3.05, 3.63) is 108 Å². The normalized spacial score (nSPS) is 12.0. The first-order chi connectivity index (χ1) is 15.3. The fourth-order valence-electron chi connectivity index (χ4n) is 3.18. The van der Waals surface area contributed by atoms with Crippen LogP contribution in [0.5, 0.6) is 0 Å². The summed E-state index contributed by atoms with van der Waals surface area (Å²) in [6, 6.07) is 27.9. The van der Waals surface area contributed by atoms with Gasteiger partial charge >= 0.3 is 12.1 Å². The van der Waals surface area contributed by atoms with Gasteiger partial charge in [-0.1, -0.05) is 78.9 Å². The molecule has 0 fully saturated rings. The summed E-state index contributed by atoms with van der Waals surface area (Å²) < 4.78 is 11.5. The van der Waals surface area contributed by atoms with Gasteiger partial charge in [-0.05, 0) is 44.0 Å². The second-order valence-electron chi connectivity index (χ2n) is 8.52. The third-order valence-electron chi connectivity index (χ3n) is 4.68. The zero-order valence-electron chi connectivity index (χ0n) is 18.7. The molecule has 0 aliphatic rings. The third kappa shape index (κ3) is 6.98. The van der Waals surface area contributed by atoms with Crippen LogP contribution in [-0.4, -0.2) is 29.1 Å². The minimum atomic E-state index is -0.653. The summed E-state index contributed by atoms with van der Waals surface area (Å²) >= 11 is 0. The molecule has 3 rings (SSSR count). The zero-order chi connectivity index (χ0) is 23.0. The van der Waals surface area contributed by atoms with E-state index in [1.54, 1.807) is 29.2 Å². The molecule has 0 heterocycles. The number of nitrogens with zero attached hydrogens (tertiary/aromatic N) is 1. The second kappa shape index (κ2) is 10.6. The van der Waals surface area contributed by atoms with Crippen LogP contribution in [0.25, 0.3) is 0 Å². The summed E-state index contributed by atoms with van der Waals surface area (Å²) in [6.45, 7) is 5.98. The summed E-state index contributed by atoms with van der Waals surface area (Å²) in [5.41, 5.74) is 1.58. The van der Waals surface area contributed by atoms with E-state index >= 15 is 0 Å². The molecule has 1 unspecified atom stereocenters. The Bertz CT molecular complexity index is 998. The first kappa shape index (κ1) is 23.1. The van der Waals surface area contributed by atoms with Crippen LogP contribution >= 0.6 is 0 Å². The van der Waals surface area contributed by atoms with E-state index in [1.807, 2.05) is 87.5 Å². The first-order valence-corrected chi connectivity index (χ1v) is 10.6. The van der Waals surface area contributed by atoms with Crippen molar-refractivity contribution >= 4 is 12.1 Å². The van der Waals surface area contributed by atoms with Crippen molar-refractivity contribution < 1.29 is 19.1 Å². The largest absolute Gasteiger partial charge is 0.452 e. The van der Waals surface area contributed by atoms with Crippen LogP contribution in [0.1, 0.15) is 48.4 Å². The van der Waals surface area contributed by atoms with Gasteiger partial charge in [0, 0.05) is 6.54 Å². The lowest BCUT2D eigenvalue weighted by molar-refractivity contribution is -0.000842. The van der Waals surface area contributed by atoms with Crippen LogP contribution in [-0.2, 0) is 16.0 Å². The van der Waals surface area contributed by atoms with Crippen molar-refractivity contribution in [3.8, 4) is 0 Å². The number of hydrogen-bond donors (Lipinski definition) is 0. The lowest BCUT2D eigenvalue weighted by Crippen LogP contribution is -2.39. The van der Waals surface area contributed by atoms with Gasteiger partial charge in [-0.3, -0.25) is 4.90 Å². The zero-order valence-corrected chi connectivity index (χ0v) is 18.7. The molecule has 1 amide bonds. The summed E-state index contributed by atoms with van der Waals surface area (Å²) in [5, 5.41) is 0. The molecule has 32 heavy (non-hydrogen) atoms. The Labute approximate surface area is 189 Å². The van der Waals surface area contributed by atoms with Crippen molar-refractivity contribution in [2.45, 2.75) is 39.0 Å². The highest BCUT2D eigenvalue weighted by molar-refractivity contribution is 5.89. The average Bonchev–Trinajstić information content (AvgIpc) is 2.78.